The van der Waals surface area contributed by atoms with Crippen LogP contribution in [0.4, 0.5) is 22.0 Å². The van der Waals surface area contributed by atoms with E-state index in [9.17, 15) is 35.8 Å². The summed E-state index contributed by atoms with van der Waals surface area (Å²) in [4.78, 5) is 23.7. The van der Waals surface area contributed by atoms with Crippen molar-refractivity contribution in [1.29, 1.82) is 0 Å². The van der Waals surface area contributed by atoms with E-state index in [0.29, 0.717) is 25.3 Å². The number of carbonyl (C=O) groups excluding carboxylic acids is 2. The molecule has 10 heteroatoms. The minimum atomic E-state index is -5.89. The molecule has 2 aliphatic carbocycles. The summed E-state index contributed by atoms with van der Waals surface area (Å²) in [5.74, 6) is -6.44. The maximum absolute atomic E-state index is 13.9. The average molecular weight is 436 g/mol. The standard InChI is InChI=1S/C19H17F5O4S/c1-9-12(17(26)28-15-8-14(25)10-3-4-11(15)7-10)5-6-13(16(9)29(2)27)18(20,21)19(22,23)24/h5-6,8,10-11H,3-4,7H2,1-2H3. The van der Waals surface area contributed by atoms with Crippen LogP contribution in [0.15, 0.2) is 28.9 Å². The van der Waals surface area contributed by atoms with Gasteiger partial charge in [-0.25, -0.2) is 4.79 Å². The molecule has 0 heterocycles. The number of ketones is 1. The van der Waals surface area contributed by atoms with E-state index in [1.807, 2.05) is 0 Å². The van der Waals surface area contributed by atoms with Crippen LogP contribution in [0.2, 0.25) is 0 Å². The third-order valence-corrected chi connectivity index (χ3v) is 6.44. The van der Waals surface area contributed by atoms with E-state index in [-0.39, 0.29) is 34.5 Å². The highest BCUT2D eigenvalue weighted by Crippen LogP contribution is 2.47. The lowest BCUT2D eigenvalue weighted by molar-refractivity contribution is -0.290. The second kappa shape index (κ2) is 7.30. The molecule has 3 atom stereocenters. The largest absolute Gasteiger partial charge is 0.458 e. The third-order valence-electron chi connectivity index (χ3n) is 5.34. The van der Waals surface area contributed by atoms with Gasteiger partial charge in [0.25, 0.3) is 0 Å². The molecule has 0 saturated heterocycles. The average Bonchev–Trinajstić information content (AvgIpc) is 3.04. The van der Waals surface area contributed by atoms with Crippen LogP contribution in [0.25, 0.3) is 0 Å². The summed E-state index contributed by atoms with van der Waals surface area (Å²) in [6.07, 6.45) is -1.80. The molecule has 4 nitrogen and oxygen atoms in total. The fourth-order valence-electron chi connectivity index (χ4n) is 3.83. The van der Waals surface area contributed by atoms with Crippen LogP contribution < -0.4 is 0 Å². The van der Waals surface area contributed by atoms with E-state index >= 15 is 0 Å². The highest BCUT2D eigenvalue weighted by Gasteiger charge is 2.60. The van der Waals surface area contributed by atoms with Crippen LogP contribution >= 0.6 is 0 Å². The van der Waals surface area contributed by atoms with Crippen LogP contribution in [0.5, 0.6) is 0 Å². The Morgan fingerprint density at radius 2 is 1.76 bits per heavy atom. The number of hydrogen-bond donors (Lipinski definition) is 0. The van der Waals surface area contributed by atoms with E-state index in [1.54, 1.807) is 0 Å². The number of esters is 1. The summed E-state index contributed by atoms with van der Waals surface area (Å²) in [5, 5.41) is 0. The van der Waals surface area contributed by atoms with Gasteiger partial charge in [-0.1, -0.05) is 6.07 Å². The molecule has 29 heavy (non-hydrogen) atoms. The molecule has 0 amide bonds. The summed E-state index contributed by atoms with van der Waals surface area (Å²) < 4.78 is 83.5. The molecule has 1 fully saturated rings. The number of carbonyl (C=O) groups is 2. The van der Waals surface area contributed by atoms with Gasteiger partial charge in [-0.2, -0.15) is 22.0 Å². The van der Waals surface area contributed by atoms with Crippen LogP contribution in [-0.2, 0) is 26.3 Å². The highest BCUT2D eigenvalue weighted by molar-refractivity contribution is 7.84. The fraction of sp³-hybridized carbons (Fsp3) is 0.474. The topological polar surface area (TPSA) is 60.4 Å². The SMILES string of the molecule is Cc1c(C(=O)OC2=CC(=O)C3CCC2C3)ccc(C(F)(F)C(F)(F)F)c1S(C)=O. The van der Waals surface area contributed by atoms with Crippen molar-refractivity contribution in [3.8, 4) is 0 Å². The molecule has 2 bridgehead atoms. The lowest BCUT2D eigenvalue weighted by Gasteiger charge is -2.24. The van der Waals surface area contributed by atoms with Gasteiger partial charge in [-0.3, -0.25) is 9.00 Å². The van der Waals surface area contributed by atoms with Crippen LogP contribution in [0, 0.1) is 18.8 Å². The molecule has 0 N–H and O–H groups in total. The van der Waals surface area contributed by atoms with Crippen molar-refractivity contribution in [3.05, 3.63) is 40.7 Å². The van der Waals surface area contributed by atoms with Gasteiger partial charge in [0.05, 0.1) is 21.3 Å². The molecular weight excluding hydrogens is 419 g/mol. The molecule has 3 unspecified atom stereocenters. The number of rotatable bonds is 4. The molecule has 1 aromatic rings. The quantitative estimate of drug-likeness (QED) is 0.518. The zero-order chi connectivity index (χ0) is 21.7. The molecule has 0 radical (unpaired) electrons. The van der Waals surface area contributed by atoms with Crippen LogP contribution in [-0.4, -0.2) is 28.4 Å². The van der Waals surface area contributed by atoms with Gasteiger partial charge < -0.3 is 4.74 Å². The lowest BCUT2D eigenvalue weighted by Crippen LogP contribution is -2.35. The van der Waals surface area contributed by atoms with Crippen LogP contribution in [0.1, 0.15) is 40.7 Å². The summed E-state index contributed by atoms with van der Waals surface area (Å²) in [7, 11) is -2.23. The normalized spacial score (nSPS) is 23.0. The number of alkyl halides is 5. The Labute approximate surface area is 165 Å². The molecular formula is C19H17F5O4S. The number of halogens is 5. The first-order valence-corrected chi connectivity index (χ1v) is 10.3. The Hall–Kier alpha value is -2.10. The predicted octanol–water partition coefficient (Wildman–Crippen LogP) is 4.43. The molecule has 1 saturated carbocycles. The Kier molecular flexibility index (Phi) is 5.44. The Balaban J connectivity index is 1.99. The molecule has 1 aromatic carbocycles. The van der Waals surface area contributed by atoms with Gasteiger partial charge in [-0.05, 0) is 37.8 Å². The van der Waals surface area contributed by atoms with E-state index in [2.05, 4.69) is 0 Å². The van der Waals surface area contributed by atoms with Crippen molar-refractivity contribution in [2.45, 2.75) is 43.2 Å². The van der Waals surface area contributed by atoms with Crippen molar-refractivity contribution in [2.24, 2.45) is 11.8 Å². The predicted molar refractivity (Wildman–Crippen MR) is 92.8 cm³/mol. The zero-order valence-electron chi connectivity index (χ0n) is 15.4. The zero-order valence-corrected chi connectivity index (χ0v) is 16.3. The molecule has 0 aliphatic heterocycles. The number of ether oxygens (including phenoxy) is 1. The van der Waals surface area contributed by atoms with Gasteiger partial charge in [-0.15, -0.1) is 0 Å². The Morgan fingerprint density at radius 3 is 2.34 bits per heavy atom. The highest BCUT2D eigenvalue weighted by atomic mass is 32.2. The van der Waals surface area contributed by atoms with E-state index in [0.717, 1.165) is 19.2 Å². The van der Waals surface area contributed by atoms with Crippen molar-refractivity contribution in [2.75, 3.05) is 6.26 Å². The lowest BCUT2D eigenvalue weighted by atomic mass is 9.93. The second-order valence-corrected chi connectivity index (χ2v) is 8.50. The smallest absolute Gasteiger partial charge is 0.427 e. The number of benzene rings is 1. The minimum Gasteiger partial charge on any atom is -0.427 e. The van der Waals surface area contributed by atoms with Gasteiger partial charge in [0.1, 0.15) is 5.76 Å². The minimum absolute atomic E-state index is 0.0952. The van der Waals surface area contributed by atoms with Crippen molar-refractivity contribution in [3.63, 3.8) is 0 Å². The number of hydrogen-bond acceptors (Lipinski definition) is 4. The maximum Gasteiger partial charge on any atom is 0.458 e. The second-order valence-electron chi connectivity index (χ2n) is 7.19. The Morgan fingerprint density at radius 1 is 1.14 bits per heavy atom. The summed E-state index contributed by atoms with van der Waals surface area (Å²) in [6, 6.07) is 1.24. The van der Waals surface area contributed by atoms with Crippen LogP contribution in [0.3, 0.4) is 0 Å². The third kappa shape index (κ3) is 3.74. The van der Waals surface area contributed by atoms with Gasteiger partial charge in [0.2, 0.25) is 0 Å². The number of fused-ring (bicyclic) bond motifs is 2. The molecule has 158 valence electrons. The number of allylic oxidation sites excluding steroid dienone is 2. The fourth-order valence-corrected chi connectivity index (χ4v) is 4.88. The van der Waals surface area contributed by atoms with Crippen molar-refractivity contribution in [1.82, 2.24) is 0 Å². The first-order chi connectivity index (χ1) is 13.3. The Bertz CT molecular complexity index is 935. The van der Waals surface area contributed by atoms with Crippen molar-refractivity contribution >= 4 is 22.6 Å². The van der Waals surface area contributed by atoms with Gasteiger partial charge >= 0.3 is 18.1 Å². The maximum atomic E-state index is 13.9. The van der Waals surface area contributed by atoms with Crippen molar-refractivity contribution < 1.29 is 40.5 Å². The molecule has 2 aliphatic rings. The monoisotopic (exact) mass is 436 g/mol. The molecule has 0 aromatic heterocycles. The van der Waals surface area contributed by atoms with E-state index in [1.165, 1.54) is 6.08 Å². The van der Waals surface area contributed by atoms with Gasteiger partial charge in [0.15, 0.2) is 5.78 Å². The summed E-state index contributed by atoms with van der Waals surface area (Å²) in [6.45, 7) is 1.13. The molecule has 3 rings (SSSR count). The van der Waals surface area contributed by atoms with Gasteiger partial charge in [0, 0.05) is 29.7 Å². The van der Waals surface area contributed by atoms with E-state index in [4.69, 9.17) is 4.74 Å². The summed E-state index contributed by atoms with van der Waals surface area (Å²) >= 11 is 0. The van der Waals surface area contributed by atoms with E-state index < -0.39 is 39.3 Å². The first-order valence-electron chi connectivity index (χ1n) is 8.74. The first kappa shape index (κ1) is 21.6. The molecule has 0 spiro atoms. The summed E-state index contributed by atoms with van der Waals surface area (Å²) in [5.41, 5.74) is -2.04.